The standard InChI is InChI=1S/C16H24N2O2/c1-12-8-9-18(10-13(12)2)11-16(17,15(19)20)14-6-4-3-5-7-14/h3-7,12-13H,8-11,17H2,1-2H3,(H,19,20). The average molecular weight is 276 g/mol. The van der Waals surface area contributed by atoms with E-state index in [4.69, 9.17) is 5.73 Å². The minimum atomic E-state index is -1.33. The van der Waals surface area contributed by atoms with E-state index in [1.807, 2.05) is 18.2 Å². The number of hydrogen-bond acceptors (Lipinski definition) is 3. The highest BCUT2D eigenvalue weighted by molar-refractivity contribution is 5.80. The fraction of sp³-hybridized carbons (Fsp3) is 0.562. The lowest BCUT2D eigenvalue weighted by Gasteiger charge is -2.39. The third kappa shape index (κ3) is 3.02. The van der Waals surface area contributed by atoms with Crippen LogP contribution in [0.15, 0.2) is 30.3 Å². The Morgan fingerprint density at radius 2 is 2.00 bits per heavy atom. The van der Waals surface area contributed by atoms with Crippen LogP contribution in [0.2, 0.25) is 0 Å². The highest BCUT2D eigenvalue weighted by Crippen LogP contribution is 2.26. The third-order valence-electron chi connectivity index (χ3n) is 4.56. The number of carboxylic acid groups (broad SMARTS) is 1. The zero-order chi connectivity index (χ0) is 14.8. The van der Waals surface area contributed by atoms with E-state index < -0.39 is 11.5 Å². The number of aliphatic carboxylic acids is 1. The van der Waals surface area contributed by atoms with Crippen LogP contribution in [0.25, 0.3) is 0 Å². The molecule has 3 unspecified atom stereocenters. The summed E-state index contributed by atoms with van der Waals surface area (Å²) < 4.78 is 0. The number of nitrogens with zero attached hydrogens (tertiary/aromatic N) is 1. The van der Waals surface area contributed by atoms with Gasteiger partial charge in [0.1, 0.15) is 0 Å². The summed E-state index contributed by atoms with van der Waals surface area (Å²) in [5.74, 6) is 0.313. The van der Waals surface area contributed by atoms with Gasteiger partial charge in [-0.25, -0.2) is 4.79 Å². The number of likely N-dealkylation sites (tertiary alicyclic amines) is 1. The minimum absolute atomic E-state index is 0.364. The summed E-state index contributed by atoms with van der Waals surface area (Å²) in [5.41, 5.74) is 5.57. The Bertz CT molecular complexity index is 463. The molecule has 1 aliphatic rings. The van der Waals surface area contributed by atoms with Gasteiger partial charge < -0.3 is 15.7 Å². The average Bonchev–Trinajstić information content (AvgIpc) is 2.43. The summed E-state index contributed by atoms with van der Waals surface area (Å²) >= 11 is 0. The SMILES string of the molecule is CC1CCN(CC(N)(C(=O)O)c2ccccc2)CC1C. The summed E-state index contributed by atoms with van der Waals surface area (Å²) in [4.78, 5) is 13.9. The molecule has 0 aromatic heterocycles. The molecule has 110 valence electrons. The maximum atomic E-state index is 11.7. The molecule has 20 heavy (non-hydrogen) atoms. The molecule has 0 radical (unpaired) electrons. The number of piperidine rings is 1. The number of nitrogens with two attached hydrogens (primary N) is 1. The van der Waals surface area contributed by atoms with Crippen molar-refractivity contribution in [2.45, 2.75) is 25.8 Å². The molecule has 1 aromatic carbocycles. The van der Waals surface area contributed by atoms with Crippen LogP contribution in [0.3, 0.4) is 0 Å². The van der Waals surface area contributed by atoms with Gasteiger partial charge in [-0.05, 0) is 30.4 Å². The van der Waals surface area contributed by atoms with E-state index in [0.717, 1.165) is 19.5 Å². The first-order chi connectivity index (χ1) is 9.43. The summed E-state index contributed by atoms with van der Waals surface area (Å²) in [7, 11) is 0. The first-order valence-corrected chi connectivity index (χ1v) is 7.23. The summed E-state index contributed by atoms with van der Waals surface area (Å²) in [5, 5.41) is 9.58. The third-order valence-corrected chi connectivity index (χ3v) is 4.56. The van der Waals surface area contributed by atoms with E-state index in [9.17, 15) is 9.90 Å². The normalized spacial score (nSPS) is 26.9. The van der Waals surface area contributed by atoms with Crippen LogP contribution < -0.4 is 5.73 Å². The Hall–Kier alpha value is -1.39. The van der Waals surface area contributed by atoms with E-state index in [0.29, 0.717) is 23.9 Å². The highest BCUT2D eigenvalue weighted by atomic mass is 16.4. The zero-order valence-corrected chi connectivity index (χ0v) is 12.2. The molecule has 1 fully saturated rings. The molecule has 2 rings (SSSR count). The van der Waals surface area contributed by atoms with Crippen molar-refractivity contribution in [1.29, 1.82) is 0 Å². The smallest absolute Gasteiger partial charge is 0.329 e. The van der Waals surface area contributed by atoms with Gasteiger partial charge in [-0.3, -0.25) is 0 Å². The molecular formula is C16H24N2O2. The topological polar surface area (TPSA) is 66.6 Å². The van der Waals surface area contributed by atoms with E-state index in [-0.39, 0.29) is 0 Å². The molecule has 0 saturated carbocycles. The molecule has 4 heteroatoms. The van der Waals surface area contributed by atoms with Gasteiger partial charge >= 0.3 is 5.97 Å². The van der Waals surface area contributed by atoms with Crippen LogP contribution in [0, 0.1) is 11.8 Å². The van der Waals surface area contributed by atoms with Crippen LogP contribution in [0.4, 0.5) is 0 Å². The van der Waals surface area contributed by atoms with Crippen LogP contribution in [0.1, 0.15) is 25.8 Å². The number of carboxylic acids is 1. The van der Waals surface area contributed by atoms with E-state index in [1.54, 1.807) is 12.1 Å². The maximum absolute atomic E-state index is 11.7. The van der Waals surface area contributed by atoms with Crippen LogP contribution >= 0.6 is 0 Å². The van der Waals surface area contributed by atoms with E-state index >= 15 is 0 Å². The van der Waals surface area contributed by atoms with Gasteiger partial charge in [-0.2, -0.15) is 0 Å². The van der Waals surface area contributed by atoms with Crippen molar-refractivity contribution >= 4 is 5.97 Å². The van der Waals surface area contributed by atoms with E-state index in [2.05, 4.69) is 18.7 Å². The second kappa shape index (κ2) is 5.94. The molecule has 1 aromatic rings. The van der Waals surface area contributed by atoms with Gasteiger partial charge in [0.15, 0.2) is 5.54 Å². The van der Waals surface area contributed by atoms with Gasteiger partial charge in [0, 0.05) is 13.1 Å². The Morgan fingerprint density at radius 3 is 2.55 bits per heavy atom. The molecule has 4 nitrogen and oxygen atoms in total. The van der Waals surface area contributed by atoms with Gasteiger partial charge in [-0.1, -0.05) is 44.2 Å². The fourth-order valence-corrected chi connectivity index (χ4v) is 2.86. The fourth-order valence-electron chi connectivity index (χ4n) is 2.86. The number of carbonyl (C=O) groups is 1. The quantitative estimate of drug-likeness (QED) is 0.881. The molecule has 1 heterocycles. The molecule has 3 atom stereocenters. The summed E-state index contributed by atoms with van der Waals surface area (Å²) in [6.45, 7) is 6.68. The maximum Gasteiger partial charge on any atom is 0.329 e. The molecule has 0 amide bonds. The van der Waals surface area contributed by atoms with Crippen molar-refractivity contribution in [3.05, 3.63) is 35.9 Å². The first-order valence-electron chi connectivity index (χ1n) is 7.23. The van der Waals surface area contributed by atoms with Crippen LogP contribution in [-0.4, -0.2) is 35.6 Å². The highest BCUT2D eigenvalue weighted by Gasteiger charge is 2.39. The number of rotatable bonds is 4. The van der Waals surface area contributed by atoms with Crippen molar-refractivity contribution in [3.8, 4) is 0 Å². The van der Waals surface area contributed by atoms with Gasteiger partial charge in [0.2, 0.25) is 0 Å². The largest absolute Gasteiger partial charge is 0.480 e. The lowest BCUT2D eigenvalue weighted by molar-refractivity contribution is -0.144. The Labute approximate surface area is 120 Å². The van der Waals surface area contributed by atoms with Gasteiger partial charge in [0.25, 0.3) is 0 Å². The Balaban J connectivity index is 2.16. The lowest BCUT2D eigenvalue weighted by atomic mass is 9.85. The lowest BCUT2D eigenvalue weighted by Crippen LogP contribution is -2.55. The Kier molecular flexibility index (Phi) is 4.45. The zero-order valence-electron chi connectivity index (χ0n) is 12.2. The van der Waals surface area contributed by atoms with E-state index in [1.165, 1.54) is 0 Å². The molecule has 0 spiro atoms. The number of benzene rings is 1. The van der Waals surface area contributed by atoms with Crippen molar-refractivity contribution in [1.82, 2.24) is 4.90 Å². The van der Waals surface area contributed by atoms with Crippen molar-refractivity contribution in [3.63, 3.8) is 0 Å². The van der Waals surface area contributed by atoms with Gasteiger partial charge in [-0.15, -0.1) is 0 Å². The molecular weight excluding hydrogens is 252 g/mol. The molecule has 0 bridgehead atoms. The molecule has 3 N–H and O–H groups in total. The molecule has 1 saturated heterocycles. The Morgan fingerprint density at radius 1 is 1.35 bits per heavy atom. The predicted octanol–water partition coefficient (Wildman–Crippen LogP) is 1.90. The monoisotopic (exact) mass is 276 g/mol. The van der Waals surface area contributed by atoms with Crippen molar-refractivity contribution in [2.75, 3.05) is 19.6 Å². The second-order valence-corrected chi connectivity index (χ2v) is 6.12. The minimum Gasteiger partial charge on any atom is -0.480 e. The van der Waals surface area contributed by atoms with Crippen LogP contribution in [-0.2, 0) is 10.3 Å². The molecule has 0 aliphatic carbocycles. The van der Waals surface area contributed by atoms with Gasteiger partial charge in [0.05, 0.1) is 0 Å². The summed E-state index contributed by atoms with van der Waals surface area (Å²) in [6, 6.07) is 9.13. The summed E-state index contributed by atoms with van der Waals surface area (Å²) in [6.07, 6.45) is 1.10. The predicted molar refractivity (Wildman–Crippen MR) is 79.3 cm³/mol. The van der Waals surface area contributed by atoms with Crippen LogP contribution in [0.5, 0.6) is 0 Å². The first kappa shape index (κ1) is 15.0. The van der Waals surface area contributed by atoms with Crippen molar-refractivity contribution in [2.24, 2.45) is 17.6 Å². The molecule has 1 aliphatic heterocycles. The number of hydrogen-bond donors (Lipinski definition) is 2. The van der Waals surface area contributed by atoms with Crippen molar-refractivity contribution < 1.29 is 9.90 Å². The second-order valence-electron chi connectivity index (χ2n) is 6.12.